The molecule has 1 aromatic rings. The summed E-state index contributed by atoms with van der Waals surface area (Å²) < 4.78 is 0. The molecular formula is C11H15NOS. The number of carbonyl (C=O) groups is 1. The Bertz CT molecular complexity index is 294. The Morgan fingerprint density at radius 3 is 3.21 bits per heavy atom. The zero-order valence-corrected chi connectivity index (χ0v) is 8.98. The number of hydrogen-bond acceptors (Lipinski definition) is 2. The van der Waals surface area contributed by atoms with Crippen LogP contribution < -0.4 is 5.32 Å². The van der Waals surface area contributed by atoms with Crippen molar-refractivity contribution in [2.45, 2.75) is 25.7 Å². The molecule has 2 rings (SSSR count). The second-order valence-corrected chi connectivity index (χ2v) is 4.80. The Morgan fingerprint density at radius 2 is 2.43 bits per heavy atom. The van der Waals surface area contributed by atoms with Gasteiger partial charge in [-0.25, -0.2) is 0 Å². The summed E-state index contributed by atoms with van der Waals surface area (Å²) >= 11 is 1.75. The molecule has 1 fully saturated rings. The average molecular weight is 209 g/mol. The Hall–Kier alpha value is -0.830. The molecule has 14 heavy (non-hydrogen) atoms. The molecule has 0 bridgehead atoms. The largest absolute Gasteiger partial charge is 0.356 e. The van der Waals surface area contributed by atoms with Gasteiger partial charge in [0.2, 0.25) is 5.91 Å². The third-order valence-corrected chi connectivity index (χ3v) is 3.58. The zero-order chi connectivity index (χ0) is 9.80. The predicted octanol–water partition coefficient (Wildman–Crippen LogP) is 2.21. The van der Waals surface area contributed by atoms with Crippen LogP contribution in [0.1, 0.15) is 24.1 Å². The van der Waals surface area contributed by atoms with Crippen LogP contribution in [0.25, 0.3) is 0 Å². The molecule has 0 radical (unpaired) electrons. The summed E-state index contributed by atoms with van der Waals surface area (Å²) in [6, 6.07) is 4.16. The number of rotatable bonds is 2. The fourth-order valence-corrected chi connectivity index (χ4v) is 2.66. The molecule has 3 heteroatoms. The van der Waals surface area contributed by atoms with E-state index in [4.69, 9.17) is 0 Å². The van der Waals surface area contributed by atoms with E-state index >= 15 is 0 Å². The van der Waals surface area contributed by atoms with Crippen LogP contribution in [0.5, 0.6) is 0 Å². The second kappa shape index (κ2) is 4.60. The highest BCUT2D eigenvalue weighted by Crippen LogP contribution is 2.20. The Balaban J connectivity index is 1.98. The van der Waals surface area contributed by atoms with E-state index in [0.29, 0.717) is 0 Å². The first-order valence-corrected chi connectivity index (χ1v) is 6.04. The summed E-state index contributed by atoms with van der Waals surface area (Å²) in [5, 5.41) is 5.05. The van der Waals surface area contributed by atoms with Gasteiger partial charge in [-0.3, -0.25) is 4.79 Å². The van der Waals surface area contributed by atoms with Gasteiger partial charge in [-0.15, -0.1) is 11.3 Å². The molecule has 1 aromatic heterocycles. The van der Waals surface area contributed by atoms with E-state index in [2.05, 4.69) is 22.8 Å². The van der Waals surface area contributed by atoms with Gasteiger partial charge in [-0.2, -0.15) is 0 Å². The van der Waals surface area contributed by atoms with E-state index in [1.807, 2.05) is 0 Å². The maximum absolute atomic E-state index is 11.6. The predicted molar refractivity (Wildman–Crippen MR) is 58.4 cm³/mol. The van der Waals surface area contributed by atoms with Gasteiger partial charge in [0, 0.05) is 17.3 Å². The van der Waals surface area contributed by atoms with Crippen LogP contribution in [-0.2, 0) is 11.2 Å². The highest BCUT2D eigenvalue weighted by Gasteiger charge is 2.20. The van der Waals surface area contributed by atoms with Gasteiger partial charge >= 0.3 is 0 Å². The molecule has 1 N–H and O–H groups in total. The summed E-state index contributed by atoms with van der Waals surface area (Å²) in [7, 11) is 0. The van der Waals surface area contributed by atoms with Crippen molar-refractivity contribution in [2.24, 2.45) is 5.92 Å². The lowest BCUT2D eigenvalue weighted by Crippen LogP contribution is -2.29. The normalized spacial score (nSPS) is 22.9. The molecular weight excluding hydrogens is 194 g/mol. The van der Waals surface area contributed by atoms with Crippen molar-refractivity contribution in [1.82, 2.24) is 5.32 Å². The van der Waals surface area contributed by atoms with Crippen LogP contribution in [0.3, 0.4) is 0 Å². The number of thiophene rings is 1. The molecule has 1 unspecified atom stereocenters. The quantitative estimate of drug-likeness (QED) is 0.795. The highest BCUT2D eigenvalue weighted by atomic mass is 32.1. The molecule has 1 atom stereocenters. The van der Waals surface area contributed by atoms with Gasteiger partial charge in [0.15, 0.2) is 0 Å². The summed E-state index contributed by atoms with van der Waals surface area (Å²) in [5.41, 5.74) is 0. The number of hydrogen-bond donors (Lipinski definition) is 1. The lowest BCUT2D eigenvalue weighted by atomic mass is 9.98. The van der Waals surface area contributed by atoms with Gasteiger partial charge in [0.1, 0.15) is 0 Å². The second-order valence-electron chi connectivity index (χ2n) is 3.77. The van der Waals surface area contributed by atoms with Gasteiger partial charge < -0.3 is 5.32 Å². The Kier molecular flexibility index (Phi) is 3.19. The molecule has 0 aliphatic carbocycles. The van der Waals surface area contributed by atoms with Crippen LogP contribution in [0.2, 0.25) is 0 Å². The van der Waals surface area contributed by atoms with Crippen molar-refractivity contribution in [1.29, 1.82) is 0 Å². The van der Waals surface area contributed by atoms with E-state index in [1.165, 1.54) is 11.3 Å². The van der Waals surface area contributed by atoms with Crippen LogP contribution in [-0.4, -0.2) is 12.5 Å². The fraction of sp³-hybridized carbons (Fsp3) is 0.545. The number of amides is 1. The molecule has 0 saturated carbocycles. The van der Waals surface area contributed by atoms with Crippen LogP contribution in [0, 0.1) is 5.92 Å². The summed E-state index contributed by atoms with van der Waals surface area (Å²) in [4.78, 5) is 13.0. The number of nitrogens with one attached hydrogen (secondary N) is 1. The molecule has 1 saturated heterocycles. The average Bonchev–Trinajstić information content (AvgIpc) is 2.60. The first-order valence-electron chi connectivity index (χ1n) is 5.16. The van der Waals surface area contributed by atoms with Crippen LogP contribution >= 0.6 is 11.3 Å². The number of carbonyl (C=O) groups excluding carboxylic acids is 1. The van der Waals surface area contributed by atoms with Crippen molar-refractivity contribution in [3.63, 3.8) is 0 Å². The van der Waals surface area contributed by atoms with Crippen molar-refractivity contribution < 1.29 is 4.79 Å². The van der Waals surface area contributed by atoms with Gasteiger partial charge in [-0.05, 0) is 30.7 Å². The van der Waals surface area contributed by atoms with E-state index in [1.54, 1.807) is 11.3 Å². The van der Waals surface area contributed by atoms with Crippen LogP contribution in [0.15, 0.2) is 17.5 Å². The summed E-state index contributed by atoms with van der Waals surface area (Å²) in [6.45, 7) is 0.861. The Morgan fingerprint density at radius 1 is 1.50 bits per heavy atom. The van der Waals surface area contributed by atoms with Crippen molar-refractivity contribution in [3.8, 4) is 0 Å². The lowest BCUT2D eigenvalue weighted by Gasteiger charge is -2.11. The van der Waals surface area contributed by atoms with Gasteiger partial charge in [0.05, 0.1) is 0 Å². The molecule has 0 aromatic carbocycles. The van der Waals surface area contributed by atoms with E-state index < -0.39 is 0 Å². The van der Waals surface area contributed by atoms with Gasteiger partial charge in [-0.1, -0.05) is 12.5 Å². The van der Waals surface area contributed by atoms with E-state index in [9.17, 15) is 4.79 Å². The molecule has 2 heterocycles. The molecule has 0 spiro atoms. The monoisotopic (exact) mass is 209 g/mol. The molecule has 1 aliphatic heterocycles. The van der Waals surface area contributed by atoms with Crippen LogP contribution in [0.4, 0.5) is 0 Å². The highest BCUT2D eigenvalue weighted by molar-refractivity contribution is 7.09. The molecule has 1 amide bonds. The minimum atomic E-state index is 0.205. The fourth-order valence-electron chi connectivity index (χ4n) is 1.87. The minimum absolute atomic E-state index is 0.205. The minimum Gasteiger partial charge on any atom is -0.356 e. The smallest absolute Gasteiger partial charge is 0.223 e. The molecule has 1 aliphatic rings. The first kappa shape index (κ1) is 9.71. The lowest BCUT2D eigenvalue weighted by molar-refractivity contribution is -0.124. The standard InChI is InChI=1S/C11H15NOS/c13-11-9(4-1-2-6-12-11)8-10-5-3-7-14-10/h3,5,7,9H,1-2,4,6,8H2,(H,12,13). The molecule has 2 nitrogen and oxygen atoms in total. The van der Waals surface area contributed by atoms with Crippen molar-refractivity contribution in [3.05, 3.63) is 22.4 Å². The third kappa shape index (κ3) is 2.35. The summed E-state index contributed by atoms with van der Waals surface area (Å²) in [5.74, 6) is 0.451. The SMILES string of the molecule is O=C1NCCCCC1Cc1cccs1. The Labute approximate surface area is 88.3 Å². The van der Waals surface area contributed by atoms with Crippen molar-refractivity contribution >= 4 is 17.2 Å². The summed E-state index contributed by atoms with van der Waals surface area (Å²) in [6.07, 6.45) is 4.27. The topological polar surface area (TPSA) is 29.1 Å². The first-order chi connectivity index (χ1) is 6.86. The maximum Gasteiger partial charge on any atom is 0.223 e. The maximum atomic E-state index is 11.6. The zero-order valence-electron chi connectivity index (χ0n) is 8.16. The van der Waals surface area contributed by atoms with Gasteiger partial charge in [0.25, 0.3) is 0 Å². The van der Waals surface area contributed by atoms with E-state index in [0.717, 1.165) is 25.8 Å². The molecule has 76 valence electrons. The van der Waals surface area contributed by atoms with Crippen molar-refractivity contribution in [2.75, 3.05) is 6.54 Å². The third-order valence-electron chi connectivity index (χ3n) is 2.68. The van der Waals surface area contributed by atoms with E-state index in [-0.39, 0.29) is 11.8 Å².